The van der Waals surface area contributed by atoms with Gasteiger partial charge in [0.25, 0.3) is 0 Å². The molecule has 0 spiro atoms. The molecule has 0 fully saturated rings. The third kappa shape index (κ3) is 22.0. The summed E-state index contributed by atoms with van der Waals surface area (Å²) < 4.78 is 193. The molecule has 0 radical (unpaired) electrons. The fourth-order valence-electron chi connectivity index (χ4n) is 14.9. The van der Waals surface area contributed by atoms with Gasteiger partial charge in [-0.25, -0.2) is 26.8 Å². The highest BCUT2D eigenvalue weighted by Crippen LogP contribution is 2.52. The van der Waals surface area contributed by atoms with Crippen LogP contribution in [0.2, 0.25) is 0 Å². The molecule has 6 heterocycles. The van der Waals surface area contributed by atoms with Gasteiger partial charge in [-0.15, -0.1) is 0 Å². The van der Waals surface area contributed by atoms with Gasteiger partial charge in [0.2, 0.25) is 0 Å². The first-order chi connectivity index (χ1) is 62.9. The number of ether oxygens (including phenoxy) is 15. The molecule has 0 unspecified atom stereocenters. The summed E-state index contributed by atoms with van der Waals surface area (Å²) in [6.07, 6.45) is -5.09. The van der Waals surface area contributed by atoms with Crippen LogP contribution in [0.1, 0.15) is 37.5 Å². The molecule has 18 rings (SSSR count). The number of nitrogens with zero attached hydrogens (tertiary/aromatic N) is 1. The molecule has 6 aliphatic rings. The first-order valence-corrected chi connectivity index (χ1v) is 41.9. The van der Waals surface area contributed by atoms with Gasteiger partial charge in [-0.05, 0) is 153 Å². The quantitative estimate of drug-likeness (QED) is 0.0365. The van der Waals surface area contributed by atoms with Crippen LogP contribution >= 0.6 is 0 Å². The number of hydrogen-bond donors (Lipinski definition) is 6. The minimum atomic E-state index is -4.62. The van der Waals surface area contributed by atoms with Gasteiger partial charge < -0.3 is 105 Å². The summed E-state index contributed by atoms with van der Waals surface area (Å²) >= 11 is 0. The minimum Gasteiger partial charge on any atom is -0.496 e. The summed E-state index contributed by atoms with van der Waals surface area (Å²) in [6, 6.07) is 59.1. The lowest BCUT2D eigenvalue weighted by Gasteiger charge is -2.28. The topological polar surface area (TPSA) is 299 Å². The van der Waals surface area contributed by atoms with Crippen molar-refractivity contribution in [2.75, 3.05) is 93.1 Å². The lowest BCUT2D eigenvalue weighted by atomic mass is 9.92. The average molecular weight is 1790 g/mol. The fourth-order valence-corrected chi connectivity index (χ4v) is 14.9. The Hall–Kier alpha value is -13.7. The molecule has 0 saturated carbocycles. The zero-order valence-corrected chi connectivity index (χ0v) is 72.1. The molecule has 130 heavy (non-hydrogen) atoms. The van der Waals surface area contributed by atoms with Crippen molar-refractivity contribution in [3.8, 4) is 153 Å². The van der Waals surface area contributed by atoms with Crippen LogP contribution in [0.3, 0.4) is 0 Å². The Bertz CT molecular complexity index is 5870. The molecule has 0 aromatic heterocycles. The van der Waals surface area contributed by atoms with Crippen LogP contribution in [0.5, 0.6) is 86.2 Å². The lowest BCUT2D eigenvalue weighted by molar-refractivity contribution is -0.137. The number of fused-ring (bicyclic) bond motifs is 6. The van der Waals surface area contributed by atoms with E-state index in [0.717, 1.165) is 57.9 Å². The van der Waals surface area contributed by atoms with E-state index in [1.807, 2.05) is 74.5 Å². The fraction of sp³-hybridized carbons (Fsp3) is 0.270. The van der Waals surface area contributed by atoms with E-state index in [9.17, 15) is 35.1 Å². The van der Waals surface area contributed by atoms with Gasteiger partial charge in [0.05, 0.1) is 38.0 Å². The van der Waals surface area contributed by atoms with Crippen LogP contribution in [0.15, 0.2) is 218 Å². The summed E-state index contributed by atoms with van der Waals surface area (Å²) in [5.74, 6) is 5.98. The molecule has 680 valence electrons. The second-order valence-electron chi connectivity index (χ2n) is 30.4. The van der Waals surface area contributed by atoms with Crippen molar-refractivity contribution >= 4 is 5.69 Å². The van der Waals surface area contributed by atoms with E-state index < -0.39 is 29.5 Å². The Kier molecular flexibility index (Phi) is 31.4. The molecule has 0 aliphatic carbocycles. The van der Waals surface area contributed by atoms with Crippen LogP contribution in [-0.4, -0.2) is 136 Å². The van der Waals surface area contributed by atoms with Crippen molar-refractivity contribution in [2.24, 2.45) is 34.4 Å². The van der Waals surface area contributed by atoms with E-state index in [2.05, 4.69) is 43.0 Å². The van der Waals surface area contributed by atoms with Gasteiger partial charge in [-0.1, -0.05) is 110 Å². The van der Waals surface area contributed by atoms with Gasteiger partial charge in [0, 0.05) is 101 Å². The van der Waals surface area contributed by atoms with Gasteiger partial charge in [0.15, 0.2) is 74.7 Å². The number of alkyl halides is 3. The van der Waals surface area contributed by atoms with Gasteiger partial charge in [0.1, 0.15) is 123 Å². The summed E-state index contributed by atoms with van der Waals surface area (Å²) in [4.78, 5) is 3.38. The summed E-state index contributed by atoms with van der Waals surface area (Å²) in [5, 5.41) is 0. The Morgan fingerprint density at radius 3 is 1.06 bits per heavy atom. The predicted molar refractivity (Wildman–Crippen MR) is 479 cm³/mol. The number of methoxy groups -OCH3 is 2. The summed E-state index contributed by atoms with van der Waals surface area (Å²) in [5.41, 5.74) is 43.3. The zero-order chi connectivity index (χ0) is 92.3. The summed E-state index contributed by atoms with van der Waals surface area (Å²) in [6.45, 7) is 19.7. The number of hydrogen-bond acceptors (Lipinski definition) is 21. The number of para-hydroxylation sites is 6. The van der Waals surface area contributed by atoms with Crippen LogP contribution in [0.4, 0.5) is 40.8 Å². The second-order valence-corrected chi connectivity index (χ2v) is 30.4. The second kappa shape index (κ2) is 43.4. The van der Waals surface area contributed by atoms with E-state index in [1.165, 1.54) is 85.5 Å². The van der Waals surface area contributed by atoms with Crippen molar-refractivity contribution in [2.45, 2.75) is 83.0 Å². The van der Waals surface area contributed by atoms with E-state index in [4.69, 9.17) is 112 Å². The van der Waals surface area contributed by atoms with Crippen molar-refractivity contribution in [3.63, 3.8) is 0 Å². The maximum absolute atomic E-state index is 14.3. The third-order valence-electron chi connectivity index (χ3n) is 21.2. The smallest absolute Gasteiger partial charge is 0.417 e. The number of aryl methyl sites for hydroxylation is 2. The van der Waals surface area contributed by atoms with Crippen LogP contribution in [0.25, 0.3) is 71.6 Å². The highest BCUT2D eigenvalue weighted by atomic mass is 19.4. The number of benzene rings is 12. The molecule has 12 N–H and O–H groups in total. The first-order valence-electron chi connectivity index (χ1n) is 41.9. The van der Waals surface area contributed by atoms with Gasteiger partial charge in [-0.2, -0.15) is 13.2 Å². The van der Waals surface area contributed by atoms with Gasteiger partial charge in [-0.3, -0.25) is 0 Å². The first kappa shape index (κ1) is 94.0. The highest BCUT2D eigenvalue weighted by molar-refractivity contribution is 5.86. The zero-order valence-electron chi connectivity index (χ0n) is 72.1. The van der Waals surface area contributed by atoms with E-state index in [1.54, 1.807) is 60.7 Å². The molecule has 12 aromatic carbocycles. The lowest BCUT2D eigenvalue weighted by Crippen LogP contribution is -2.35. The SMILES string of the molecule is CC(C)Oc1cc(F)ccc1-c1cccc2c1O[C@@H](CN)CO2.CCc1cccc(C)c1-c1cccc2c1O[C@@H](CN)CO2.COc1cc(F)ccc1-c1cccc2c1O[C@@H](CN)CO2.COc1cccc(F)c1-c1cccc2c1O[C@@H](CN)CO2.NC[C@H]1COc2cccc(-c3cc(F)ccc3C(F)(F)F)c2O1.[C-]#[N+]c1cc(F)ccc1-c1cccc2c1O[C@@H](CN)CO2. The Morgan fingerprint density at radius 2 is 0.685 bits per heavy atom. The van der Waals surface area contributed by atoms with Crippen molar-refractivity contribution in [1.29, 1.82) is 0 Å². The third-order valence-corrected chi connectivity index (χ3v) is 21.2. The van der Waals surface area contributed by atoms with Crippen LogP contribution < -0.4 is 105 Å². The van der Waals surface area contributed by atoms with Crippen LogP contribution in [0, 0.1) is 42.6 Å². The standard InChI is InChI=1S/C18H20FNO3.C18H21NO2.C16H13F4NO2.C16H13FN2O2.2C16H16FNO3/c1-11(2)22-17-8-12(19)6-7-14(17)15-4-3-5-16-18(15)23-13(9-20)10-21-16;1-3-13-7-4-6-12(2)17(13)15-8-5-9-16-18(15)21-14(10-19)11-20-16;17-9-4-5-13(16(18,19)20)12(6-9)11-2-1-3-14-15(11)23-10(7-21)8-22-14;1-19-14-7-10(17)5-6-12(14)13-3-2-4-15-16(13)21-11(8-18)9-20-15;1-19-13-6-3-5-12(17)15(13)11-4-2-7-14-16(11)21-10(8-18)9-20-14;1-19-15-7-10(17)5-6-12(15)13-3-2-4-14-16(13)21-11(8-18)9-20-14/h3-8,11,13H,9-10,20H2,1-2H3;4-9,14H,3,10-11,19H2,1-2H3;1-6,10H,7-8,21H2;2-7,11H,8-9,18H2;2-7,10H,8-9,18H2,1H3;2-7,11H,8-9,18H2,1H3/t13-;14-;10-;11-;10-;11-/m000000/s1. The monoisotopic (exact) mass is 1790 g/mol. The molecule has 30 heteroatoms. The highest BCUT2D eigenvalue weighted by Gasteiger charge is 2.37. The number of nitrogens with two attached hydrogens (primary N) is 6. The van der Waals surface area contributed by atoms with Crippen LogP contribution in [-0.2, 0) is 12.6 Å². The Labute approximate surface area is 747 Å². The maximum Gasteiger partial charge on any atom is 0.417 e. The molecule has 6 atom stereocenters. The van der Waals surface area contributed by atoms with Crippen molar-refractivity contribution in [3.05, 3.63) is 276 Å². The predicted octanol–water partition coefficient (Wildman–Crippen LogP) is 18.7. The molecule has 0 bridgehead atoms. The van der Waals surface area contributed by atoms with E-state index in [0.29, 0.717) is 163 Å². The normalized spacial score (nSPS) is 16.7. The van der Waals surface area contributed by atoms with Crippen molar-refractivity contribution < 1.29 is 106 Å². The van der Waals surface area contributed by atoms with Gasteiger partial charge >= 0.3 is 6.18 Å². The van der Waals surface area contributed by atoms with Crippen molar-refractivity contribution in [1.82, 2.24) is 0 Å². The maximum atomic E-state index is 14.3. The molecule has 22 nitrogen and oxygen atoms in total. The van der Waals surface area contributed by atoms with E-state index >= 15 is 0 Å². The molecular weight excluding hydrogens is 1690 g/mol. The largest absolute Gasteiger partial charge is 0.496 e. The molecular formula is C100H99F8N7O15. The minimum absolute atomic E-state index is 0.0657. The molecule has 6 aliphatic heterocycles. The average Bonchev–Trinajstić information content (AvgIpc) is 0.765. The molecule has 0 saturated heterocycles. The Morgan fingerprint density at radius 1 is 0.362 bits per heavy atom. The Balaban J connectivity index is 0.000000133. The molecule has 0 amide bonds. The number of halogens is 8. The van der Waals surface area contributed by atoms with E-state index in [-0.39, 0.29) is 89.8 Å². The number of rotatable bonds is 17. The summed E-state index contributed by atoms with van der Waals surface area (Å²) in [7, 11) is 3.02. The molecule has 12 aromatic rings.